The van der Waals surface area contributed by atoms with Gasteiger partial charge in [0, 0.05) is 19.7 Å². The number of hydrogen-bond acceptors (Lipinski definition) is 4. The zero-order valence-corrected chi connectivity index (χ0v) is 10.2. The molecule has 0 rings (SSSR count). The summed E-state index contributed by atoms with van der Waals surface area (Å²) < 4.78 is 34.4. The van der Waals surface area contributed by atoms with Gasteiger partial charge in [0.2, 0.25) is 0 Å². The van der Waals surface area contributed by atoms with Crippen LogP contribution < -0.4 is 5.32 Å². The third-order valence-electron chi connectivity index (χ3n) is 1.80. The van der Waals surface area contributed by atoms with Gasteiger partial charge in [0.15, 0.2) is 0 Å². The van der Waals surface area contributed by atoms with Crippen LogP contribution in [-0.4, -0.2) is 45.0 Å². The molecule has 0 bridgehead atoms. The quantitative estimate of drug-likeness (QED) is 0.453. The van der Waals surface area contributed by atoms with Crippen LogP contribution >= 0.6 is 0 Å². The van der Waals surface area contributed by atoms with Crippen LogP contribution in [0.3, 0.4) is 0 Å². The molecule has 0 amide bonds. The summed E-state index contributed by atoms with van der Waals surface area (Å²) >= 11 is 0. The van der Waals surface area contributed by atoms with Crippen LogP contribution in [0.25, 0.3) is 0 Å². The summed E-state index contributed by atoms with van der Waals surface area (Å²) in [5, 5.41) is 2.87. The molecule has 0 aliphatic carbocycles. The van der Waals surface area contributed by atoms with E-state index in [9.17, 15) is 8.42 Å². The maximum atomic E-state index is 10.3. The van der Waals surface area contributed by atoms with Gasteiger partial charge in [0.05, 0.1) is 12.4 Å². The van der Waals surface area contributed by atoms with E-state index < -0.39 is 10.1 Å². The van der Waals surface area contributed by atoms with Crippen LogP contribution in [0.1, 0.15) is 20.3 Å². The predicted molar refractivity (Wildman–Crippen MR) is 59.6 cm³/mol. The lowest BCUT2D eigenvalue weighted by atomic mass is 10.1. The molecule has 0 aromatic heterocycles. The molecule has 0 aromatic rings. The van der Waals surface area contributed by atoms with E-state index in [1.54, 1.807) is 0 Å². The van der Waals surface area contributed by atoms with Crippen molar-refractivity contribution in [3.8, 4) is 0 Å². The van der Waals surface area contributed by atoms with Crippen LogP contribution in [-0.2, 0) is 14.9 Å². The first kappa shape index (κ1) is 14.8. The minimum absolute atomic E-state index is 0.251. The summed E-state index contributed by atoms with van der Waals surface area (Å²) in [6.07, 6.45) is 1.03. The SMILES string of the molecule is CC(C)CCOCCNCCS(=O)(=O)O. The van der Waals surface area contributed by atoms with Crippen molar-refractivity contribution in [2.24, 2.45) is 5.92 Å². The Morgan fingerprint density at radius 1 is 1.27 bits per heavy atom. The lowest BCUT2D eigenvalue weighted by Crippen LogP contribution is -2.26. The molecule has 15 heavy (non-hydrogen) atoms. The highest BCUT2D eigenvalue weighted by Crippen LogP contribution is 1.98. The van der Waals surface area contributed by atoms with Gasteiger partial charge in [-0.1, -0.05) is 13.8 Å². The molecule has 0 aliphatic heterocycles. The highest BCUT2D eigenvalue weighted by molar-refractivity contribution is 7.85. The first-order valence-electron chi connectivity index (χ1n) is 5.15. The first-order valence-corrected chi connectivity index (χ1v) is 6.76. The molecule has 0 unspecified atom stereocenters. The fraction of sp³-hybridized carbons (Fsp3) is 1.00. The van der Waals surface area contributed by atoms with Gasteiger partial charge in [-0.2, -0.15) is 8.42 Å². The Morgan fingerprint density at radius 3 is 2.47 bits per heavy atom. The van der Waals surface area contributed by atoms with Crippen molar-refractivity contribution < 1.29 is 17.7 Å². The zero-order chi connectivity index (χ0) is 11.7. The summed E-state index contributed by atoms with van der Waals surface area (Å²) in [5.74, 6) is 0.386. The highest BCUT2D eigenvalue weighted by Gasteiger charge is 2.02. The Kier molecular flexibility index (Phi) is 7.95. The molecule has 0 saturated carbocycles. The monoisotopic (exact) mass is 239 g/mol. The van der Waals surface area contributed by atoms with Gasteiger partial charge in [0.25, 0.3) is 10.1 Å². The topological polar surface area (TPSA) is 75.6 Å². The van der Waals surface area contributed by atoms with Gasteiger partial charge in [-0.05, 0) is 12.3 Å². The third kappa shape index (κ3) is 13.8. The Hall–Kier alpha value is -0.170. The molecule has 0 fully saturated rings. The van der Waals surface area contributed by atoms with Crippen LogP contribution in [0.4, 0.5) is 0 Å². The van der Waals surface area contributed by atoms with Gasteiger partial charge in [0.1, 0.15) is 0 Å². The second-order valence-electron chi connectivity index (χ2n) is 3.83. The Morgan fingerprint density at radius 2 is 1.93 bits per heavy atom. The molecule has 0 heterocycles. The molecule has 0 atom stereocenters. The molecule has 92 valence electrons. The Balaban J connectivity index is 3.12. The Labute approximate surface area is 92.0 Å². The molecule has 6 heteroatoms. The van der Waals surface area contributed by atoms with E-state index in [4.69, 9.17) is 9.29 Å². The first-order chi connectivity index (χ1) is 6.92. The number of nitrogens with one attached hydrogen (secondary N) is 1. The number of hydrogen-bond donors (Lipinski definition) is 2. The standard InChI is InChI=1S/C9H21NO4S/c1-9(2)3-6-14-7-4-10-5-8-15(11,12)13/h9-10H,3-8H2,1-2H3,(H,11,12,13). The summed E-state index contributed by atoms with van der Waals surface area (Å²) in [6.45, 7) is 6.43. The summed E-state index contributed by atoms with van der Waals surface area (Å²) in [6, 6.07) is 0. The van der Waals surface area contributed by atoms with Crippen molar-refractivity contribution in [2.75, 3.05) is 32.1 Å². The normalized spacial score (nSPS) is 12.3. The van der Waals surface area contributed by atoms with Crippen molar-refractivity contribution in [1.29, 1.82) is 0 Å². The van der Waals surface area contributed by atoms with Crippen LogP contribution in [0.5, 0.6) is 0 Å². The van der Waals surface area contributed by atoms with Gasteiger partial charge >= 0.3 is 0 Å². The number of ether oxygens (including phenoxy) is 1. The van der Waals surface area contributed by atoms with Crippen LogP contribution in [0, 0.1) is 5.92 Å². The Bertz CT molecular complexity index is 238. The maximum absolute atomic E-state index is 10.3. The summed E-state index contributed by atoms with van der Waals surface area (Å²) in [4.78, 5) is 0. The highest BCUT2D eigenvalue weighted by atomic mass is 32.2. The number of rotatable bonds is 9. The van der Waals surface area contributed by atoms with Crippen molar-refractivity contribution in [1.82, 2.24) is 5.32 Å². The van der Waals surface area contributed by atoms with E-state index in [1.807, 2.05) is 0 Å². The molecular formula is C9H21NO4S. The van der Waals surface area contributed by atoms with Gasteiger partial charge in [-0.3, -0.25) is 4.55 Å². The second kappa shape index (κ2) is 8.04. The second-order valence-corrected chi connectivity index (χ2v) is 5.40. The molecule has 0 saturated heterocycles. The lowest BCUT2D eigenvalue weighted by Gasteiger charge is -2.06. The maximum Gasteiger partial charge on any atom is 0.266 e. The molecule has 0 radical (unpaired) electrons. The molecule has 2 N–H and O–H groups in total. The van der Waals surface area contributed by atoms with Crippen LogP contribution in [0.15, 0.2) is 0 Å². The van der Waals surface area contributed by atoms with Crippen molar-refractivity contribution in [2.45, 2.75) is 20.3 Å². The average molecular weight is 239 g/mol. The van der Waals surface area contributed by atoms with E-state index in [2.05, 4.69) is 19.2 Å². The van der Waals surface area contributed by atoms with Crippen LogP contribution in [0.2, 0.25) is 0 Å². The van der Waals surface area contributed by atoms with Gasteiger partial charge in [-0.15, -0.1) is 0 Å². The fourth-order valence-electron chi connectivity index (χ4n) is 0.892. The van der Waals surface area contributed by atoms with E-state index >= 15 is 0 Å². The summed E-state index contributed by atoms with van der Waals surface area (Å²) in [5.41, 5.74) is 0. The average Bonchev–Trinajstić information content (AvgIpc) is 2.07. The van der Waals surface area contributed by atoms with E-state index in [-0.39, 0.29) is 12.3 Å². The molecule has 0 aromatic carbocycles. The van der Waals surface area contributed by atoms with Crippen molar-refractivity contribution in [3.05, 3.63) is 0 Å². The molecule has 5 nitrogen and oxygen atoms in total. The molecule has 0 aliphatic rings. The van der Waals surface area contributed by atoms with E-state index in [0.29, 0.717) is 19.1 Å². The minimum Gasteiger partial charge on any atom is -0.380 e. The largest absolute Gasteiger partial charge is 0.380 e. The van der Waals surface area contributed by atoms with Crippen molar-refractivity contribution >= 4 is 10.1 Å². The summed E-state index contributed by atoms with van der Waals surface area (Å²) in [7, 11) is -3.84. The van der Waals surface area contributed by atoms with Gasteiger partial charge < -0.3 is 10.1 Å². The predicted octanol–water partition coefficient (Wildman–Crippen LogP) is 0.527. The van der Waals surface area contributed by atoms with E-state index in [1.165, 1.54) is 0 Å². The fourth-order valence-corrected chi connectivity index (χ4v) is 1.29. The van der Waals surface area contributed by atoms with Gasteiger partial charge in [-0.25, -0.2) is 0 Å². The minimum atomic E-state index is -3.84. The van der Waals surface area contributed by atoms with E-state index in [0.717, 1.165) is 13.0 Å². The third-order valence-corrected chi connectivity index (χ3v) is 2.52. The zero-order valence-electron chi connectivity index (χ0n) is 9.40. The smallest absolute Gasteiger partial charge is 0.266 e. The molecule has 0 spiro atoms. The van der Waals surface area contributed by atoms with Crippen molar-refractivity contribution in [3.63, 3.8) is 0 Å². The molecular weight excluding hydrogens is 218 g/mol. The lowest BCUT2D eigenvalue weighted by molar-refractivity contribution is 0.125.